The van der Waals surface area contributed by atoms with E-state index in [0.717, 1.165) is 6.21 Å². The van der Waals surface area contributed by atoms with Gasteiger partial charge in [-0.1, -0.05) is 23.4 Å². The lowest BCUT2D eigenvalue weighted by Crippen LogP contribution is -2.52. The standard InChI is InChI=1S/C22H22FN7O3/c23-6-7-24-20(30-9-8-26-27-30)18-14-17(15-25-18)19(31)22(33)29-12-10-28(11-13-29)21(32)16-4-2-1-3-5-16/h1-5,7-9,15,25H,6,10-14H2/b20-18-,24-7-. The summed E-state index contributed by atoms with van der Waals surface area (Å²) in [5.41, 5.74) is 1.36. The molecule has 2 aromatic rings. The SMILES string of the molecule is O=C(C(=O)N1CCN(C(=O)c2ccccc2)CC1)C1=CN/C(=C(/N=C\CF)n2ccnn2)C1. The topological polar surface area (TPSA) is 113 Å². The zero-order chi connectivity index (χ0) is 23.2. The summed E-state index contributed by atoms with van der Waals surface area (Å²) in [6, 6.07) is 8.94. The molecule has 1 aromatic carbocycles. The molecular weight excluding hydrogens is 429 g/mol. The lowest BCUT2D eigenvalue weighted by molar-refractivity contribution is -0.143. The number of aromatic nitrogens is 3. The van der Waals surface area contributed by atoms with Crippen LogP contribution in [-0.2, 0) is 9.59 Å². The Morgan fingerprint density at radius 1 is 1.09 bits per heavy atom. The zero-order valence-corrected chi connectivity index (χ0v) is 17.7. The molecule has 33 heavy (non-hydrogen) atoms. The molecule has 4 rings (SSSR count). The third-order valence-electron chi connectivity index (χ3n) is 5.34. The van der Waals surface area contributed by atoms with Crippen LogP contribution in [0.1, 0.15) is 16.8 Å². The maximum Gasteiger partial charge on any atom is 0.294 e. The molecule has 2 aliphatic heterocycles. The van der Waals surface area contributed by atoms with E-state index in [-0.39, 0.29) is 36.8 Å². The minimum atomic E-state index is -0.762. The molecule has 0 spiro atoms. The van der Waals surface area contributed by atoms with Crippen molar-refractivity contribution in [2.45, 2.75) is 6.42 Å². The molecule has 1 fully saturated rings. The Balaban J connectivity index is 1.38. The molecule has 0 unspecified atom stereocenters. The monoisotopic (exact) mass is 451 g/mol. The average molecular weight is 451 g/mol. The van der Waals surface area contributed by atoms with Crippen LogP contribution in [0.4, 0.5) is 4.39 Å². The summed E-state index contributed by atoms with van der Waals surface area (Å²) < 4.78 is 13.9. The lowest BCUT2D eigenvalue weighted by atomic mass is 10.1. The molecule has 3 heterocycles. The summed E-state index contributed by atoms with van der Waals surface area (Å²) in [7, 11) is 0. The van der Waals surface area contributed by atoms with Crippen LogP contribution >= 0.6 is 0 Å². The zero-order valence-electron chi connectivity index (χ0n) is 17.7. The smallest absolute Gasteiger partial charge is 0.294 e. The number of benzene rings is 1. The van der Waals surface area contributed by atoms with Crippen LogP contribution in [0.3, 0.4) is 0 Å². The van der Waals surface area contributed by atoms with Crippen LogP contribution in [0.5, 0.6) is 0 Å². The number of Topliss-reactive ketones (excluding diaryl/α,β-unsaturated/α-hetero) is 1. The number of halogens is 1. The molecule has 0 saturated carbocycles. The summed E-state index contributed by atoms with van der Waals surface area (Å²) in [6.45, 7) is 0.490. The van der Waals surface area contributed by atoms with Crippen LogP contribution < -0.4 is 5.32 Å². The number of allylic oxidation sites excluding steroid dienone is 1. The fourth-order valence-electron chi connectivity index (χ4n) is 3.63. The molecule has 0 atom stereocenters. The Bertz CT molecular complexity index is 1120. The second kappa shape index (κ2) is 9.98. The van der Waals surface area contributed by atoms with Gasteiger partial charge >= 0.3 is 0 Å². The van der Waals surface area contributed by atoms with Gasteiger partial charge in [0.25, 0.3) is 11.8 Å². The number of carbonyl (C=O) groups excluding carboxylic acids is 3. The van der Waals surface area contributed by atoms with Gasteiger partial charge < -0.3 is 15.1 Å². The highest BCUT2D eigenvalue weighted by molar-refractivity contribution is 6.42. The van der Waals surface area contributed by atoms with E-state index in [0.29, 0.717) is 24.4 Å². The summed E-state index contributed by atoms with van der Waals surface area (Å²) >= 11 is 0. The fourth-order valence-corrected chi connectivity index (χ4v) is 3.63. The number of piperazine rings is 1. The van der Waals surface area contributed by atoms with Gasteiger partial charge in [0.2, 0.25) is 5.78 Å². The molecule has 10 nitrogen and oxygen atoms in total. The number of aliphatic imine (C=N–C) groups is 1. The van der Waals surface area contributed by atoms with Gasteiger partial charge in [-0.3, -0.25) is 14.4 Å². The molecule has 2 aliphatic rings. The first-order chi connectivity index (χ1) is 16.1. The fraction of sp³-hybridized carbons (Fsp3) is 0.273. The number of hydrogen-bond acceptors (Lipinski definition) is 7. The van der Waals surface area contributed by atoms with Crippen LogP contribution in [0.25, 0.3) is 5.82 Å². The van der Waals surface area contributed by atoms with Crippen molar-refractivity contribution in [3.8, 4) is 0 Å². The van der Waals surface area contributed by atoms with Crippen molar-refractivity contribution < 1.29 is 18.8 Å². The van der Waals surface area contributed by atoms with Crippen LogP contribution in [0, 0.1) is 0 Å². The summed E-state index contributed by atoms with van der Waals surface area (Å²) in [6.07, 6.45) is 5.64. The Morgan fingerprint density at radius 2 is 1.82 bits per heavy atom. The van der Waals surface area contributed by atoms with Crippen LogP contribution in [0.2, 0.25) is 0 Å². The van der Waals surface area contributed by atoms with E-state index < -0.39 is 18.4 Å². The molecule has 170 valence electrons. The minimum absolute atomic E-state index is 0.0963. The predicted octanol–water partition coefficient (Wildman–Crippen LogP) is 0.875. The predicted molar refractivity (Wildman–Crippen MR) is 117 cm³/mol. The first-order valence-electron chi connectivity index (χ1n) is 10.4. The first kappa shape index (κ1) is 22.1. The minimum Gasteiger partial charge on any atom is -0.361 e. The van der Waals surface area contributed by atoms with E-state index in [1.165, 1.54) is 22.0 Å². The van der Waals surface area contributed by atoms with Gasteiger partial charge in [-0.05, 0) is 12.1 Å². The van der Waals surface area contributed by atoms with Crippen molar-refractivity contribution in [1.82, 2.24) is 30.1 Å². The average Bonchev–Trinajstić information content (AvgIpc) is 3.57. The van der Waals surface area contributed by atoms with E-state index in [9.17, 15) is 18.8 Å². The summed E-state index contributed by atoms with van der Waals surface area (Å²) in [4.78, 5) is 45.4. The molecule has 1 N–H and O–H groups in total. The molecule has 0 bridgehead atoms. The molecule has 2 amide bonds. The number of nitrogens with zero attached hydrogens (tertiary/aromatic N) is 6. The van der Waals surface area contributed by atoms with Crippen molar-refractivity contribution in [3.63, 3.8) is 0 Å². The first-order valence-corrected chi connectivity index (χ1v) is 10.4. The Hall–Kier alpha value is -4.15. The van der Waals surface area contributed by atoms with Crippen molar-refractivity contribution in [2.24, 2.45) is 4.99 Å². The van der Waals surface area contributed by atoms with Crippen molar-refractivity contribution in [2.75, 3.05) is 32.9 Å². The van der Waals surface area contributed by atoms with Gasteiger partial charge in [0.15, 0.2) is 5.82 Å². The number of alkyl halides is 1. The van der Waals surface area contributed by atoms with Crippen molar-refractivity contribution in [3.05, 3.63) is 65.8 Å². The van der Waals surface area contributed by atoms with Gasteiger partial charge in [-0.2, -0.15) is 0 Å². The third-order valence-corrected chi connectivity index (χ3v) is 5.34. The molecule has 0 aliphatic carbocycles. The van der Waals surface area contributed by atoms with Crippen LogP contribution in [-0.4, -0.2) is 81.5 Å². The summed E-state index contributed by atoms with van der Waals surface area (Å²) in [5, 5.41) is 10.5. The number of ketones is 1. The number of hydrogen-bond donors (Lipinski definition) is 1. The van der Waals surface area contributed by atoms with Gasteiger partial charge in [0.05, 0.1) is 18.1 Å². The molecule has 1 saturated heterocycles. The van der Waals surface area contributed by atoms with E-state index in [1.54, 1.807) is 35.4 Å². The van der Waals surface area contributed by atoms with E-state index in [4.69, 9.17) is 0 Å². The van der Waals surface area contributed by atoms with Gasteiger partial charge in [0.1, 0.15) is 6.67 Å². The van der Waals surface area contributed by atoms with E-state index in [2.05, 4.69) is 20.6 Å². The number of nitrogens with one attached hydrogen (secondary N) is 1. The highest BCUT2D eigenvalue weighted by Crippen LogP contribution is 2.23. The second-order valence-corrected chi connectivity index (χ2v) is 7.39. The maximum atomic E-state index is 12.8. The van der Waals surface area contributed by atoms with E-state index >= 15 is 0 Å². The Kier molecular flexibility index (Phi) is 6.67. The highest BCUT2D eigenvalue weighted by atomic mass is 19.1. The molecule has 0 radical (unpaired) electrons. The van der Waals surface area contributed by atoms with E-state index in [1.807, 2.05) is 6.07 Å². The Labute approximate surface area is 189 Å². The number of amides is 2. The van der Waals surface area contributed by atoms with Gasteiger partial charge in [-0.15, -0.1) is 5.10 Å². The van der Waals surface area contributed by atoms with Crippen molar-refractivity contribution in [1.29, 1.82) is 0 Å². The largest absolute Gasteiger partial charge is 0.361 e. The molecule has 11 heteroatoms. The van der Waals surface area contributed by atoms with Crippen LogP contribution in [0.15, 0.2) is 65.2 Å². The van der Waals surface area contributed by atoms with Crippen molar-refractivity contribution >= 4 is 29.6 Å². The lowest BCUT2D eigenvalue weighted by Gasteiger charge is -2.34. The number of carbonyl (C=O) groups is 3. The van der Waals surface area contributed by atoms with Gasteiger partial charge in [-0.25, -0.2) is 14.1 Å². The second-order valence-electron chi connectivity index (χ2n) is 7.39. The molecular formula is C22H22FN7O3. The molecule has 1 aromatic heterocycles. The highest BCUT2D eigenvalue weighted by Gasteiger charge is 2.32. The number of rotatable bonds is 6. The Morgan fingerprint density at radius 3 is 2.48 bits per heavy atom. The van der Waals surface area contributed by atoms with Gasteiger partial charge in [0, 0.05) is 56.2 Å². The third kappa shape index (κ3) is 4.86. The summed E-state index contributed by atoms with van der Waals surface area (Å²) in [5.74, 6) is -1.07. The normalized spacial score (nSPS) is 17.7. The quantitative estimate of drug-likeness (QED) is 0.515. The maximum absolute atomic E-state index is 12.8.